The smallest absolute Gasteiger partial charge is 0.273 e. The molecule has 106 valence electrons. The standard InChI is InChI=1S/C13H17N5OS/c1-2-10(12-4-3-5-20-12)15-13(19)11-8-18(17-16-11)9-6-14-7-9/h3-5,8-10,14H,2,6-7H2,1H3,(H,15,19). The van der Waals surface area contributed by atoms with Gasteiger partial charge in [-0.2, -0.15) is 0 Å². The monoisotopic (exact) mass is 291 g/mol. The Hall–Kier alpha value is -1.73. The summed E-state index contributed by atoms with van der Waals surface area (Å²) in [4.78, 5) is 13.4. The van der Waals surface area contributed by atoms with Crippen molar-refractivity contribution in [2.75, 3.05) is 13.1 Å². The molecule has 20 heavy (non-hydrogen) atoms. The lowest BCUT2D eigenvalue weighted by Crippen LogP contribution is -2.43. The molecule has 2 N–H and O–H groups in total. The van der Waals surface area contributed by atoms with Gasteiger partial charge in [-0.25, -0.2) is 4.68 Å². The molecule has 1 saturated heterocycles. The van der Waals surface area contributed by atoms with Crippen LogP contribution in [0.1, 0.15) is 40.8 Å². The molecule has 1 aliphatic rings. The number of hydrogen-bond acceptors (Lipinski definition) is 5. The van der Waals surface area contributed by atoms with Gasteiger partial charge in [0.2, 0.25) is 0 Å². The molecule has 1 fully saturated rings. The zero-order chi connectivity index (χ0) is 13.9. The Kier molecular flexibility index (Phi) is 3.79. The molecule has 0 aliphatic carbocycles. The van der Waals surface area contributed by atoms with Crippen LogP contribution in [0.15, 0.2) is 23.7 Å². The first-order chi connectivity index (χ1) is 9.78. The van der Waals surface area contributed by atoms with Gasteiger partial charge in [0.05, 0.1) is 18.3 Å². The number of carbonyl (C=O) groups excluding carboxylic acids is 1. The molecule has 1 aliphatic heterocycles. The summed E-state index contributed by atoms with van der Waals surface area (Å²) in [6.45, 7) is 3.83. The van der Waals surface area contributed by atoms with Crippen LogP contribution in [0.25, 0.3) is 0 Å². The second-order valence-corrected chi connectivity index (χ2v) is 5.82. The van der Waals surface area contributed by atoms with E-state index in [2.05, 4.69) is 27.9 Å². The van der Waals surface area contributed by atoms with E-state index in [9.17, 15) is 4.79 Å². The summed E-state index contributed by atoms with van der Waals surface area (Å²) in [5.74, 6) is -0.163. The summed E-state index contributed by atoms with van der Waals surface area (Å²) in [6, 6.07) is 4.39. The number of nitrogens with one attached hydrogen (secondary N) is 2. The topological polar surface area (TPSA) is 71.8 Å². The number of amides is 1. The molecule has 6 nitrogen and oxygen atoms in total. The molecule has 0 saturated carbocycles. The van der Waals surface area contributed by atoms with Crippen molar-refractivity contribution in [3.63, 3.8) is 0 Å². The highest BCUT2D eigenvalue weighted by molar-refractivity contribution is 7.10. The third-order valence-corrected chi connectivity index (χ3v) is 4.46. The fourth-order valence-corrected chi connectivity index (χ4v) is 2.98. The van der Waals surface area contributed by atoms with Crippen LogP contribution in [0.5, 0.6) is 0 Å². The molecule has 2 aromatic heterocycles. The Labute approximate surface area is 121 Å². The number of hydrogen-bond donors (Lipinski definition) is 2. The first kappa shape index (κ1) is 13.3. The molecule has 1 amide bonds. The highest BCUT2D eigenvalue weighted by Gasteiger charge is 2.22. The molecule has 1 unspecified atom stereocenters. The van der Waals surface area contributed by atoms with Gasteiger partial charge in [-0.1, -0.05) is 18.2 Å². The lowest BCUT2D eigenvalue weighted by Gasteiger charge is -2.26. The Morgan fingerprint density at radius 2 is 2.50 bits per heavy atom. The molecule has 0 aromatic carbocycles. The normalized spacial score (nSPS) is 16.6. The predicted molar refractivity (Wildman–Crippen MR) is 76.7 cm³/mol. The van der Waals surface area contributed by atoms with Gasteiger partial charge >= 0.3 is 0 Å². The molecule has 1 atom stereocenters. The summed E-state index contributed by atoms with van der Waals surface area (Å²) < 4.78 is 1.76. The van der Waals surface area contributed by atoms with E-state index in [1.807, 2.05) is 17.5 Å². The zero-order valence-electron chi connectivity index (χ0n) is 11.2. The molecule has 2 aromatic rings. The van der Waals surface area contributed by atoms with E-state index in [0.29, 0.717) is 11.7 Å². The van der Waals surface area contributed by atoms with E-state index in [0.717, 1.165) is 24.4 Å². The average molecular weight is 291 g/mol. The second-order valence-electron chi connectivity index (χ2n) is 4.85. The Bertz CT molecular complexity index is 575. The van der Waals surface area contributed by atoms with Crippen LogP contribution >= 0.6 is 11.3 Å². The van der Waals surface area contributed by atoms with E-state index in [1.165, 1.54) is 0 Å². The third-order valence-electron chi connectivity index (χ3n) is 3.48. The Morgan fingerprint density at radius 3 is 3.10 bits per heavy atom. The van der Waals surface area contributed by atoms with Gasteiger partial charge in [0.25, 0.3) is 5.91 Å². The summed E-state index contributed by atoms with van der Waals surface area (Å²) in [6.07, 6.45) is 2.58. The first-order valence-electron chi connectivity index (χ1n) is 6.74. The van der Waals surface area contributed by atoms with E-state index in [-0.39, 0.29) is 11.9 Å². The van der Waals surface area contributed by atoms with Gasteiger partial charge < -0.3 is 10.6 Å². The van der Waals surface area contributed by atoms with Gasteiger partial charge in [-0.05, 0) is 17.9 Å². The fraction of sp³-hybridized carbons (Fsp3) is 0.462. The number of aromatic nitrogens is 3. The number of thiophene rings is 1. The van der Waals surface area contributed by atoms with Crippen LogP contribution in [0.3, 0.4) is 0 Å². The van der Waals surface area contributed by atoms with Crippen molar-refractivity contribution in [3.8, 4) is 0 Å². The van der Waals surface area contributed by atoms with Crippen molar-refractivity contribution < 1.29 is 4.79 Å². The van der Waals surface area contributed by atoms with Gasteiger partial charge in [0.15, 0.2) is 5.69 Å². The van der Waals surface area contributed by atoms with Crippen LogP contribution in [0.4, 0.5) is 0 Å². The largest absolute Gasteiger partial charge is 0.343 e. The molecule has 7 heteroatoms. The van der Waals surface area contributed by atoms with Crippen molar-refractivity contribution >= 4 is 17.2 Å². The summed E-state index contributed by atoms with van der Waals surface area (Å²) in [5.41, 5.74) is 0.381. The maximum absolute atomic E-state index is 12.2. The minimum absolute atomic E-state index is 0.0398. The number of nitrogens with zero attached hydrogens (tertiary/aromatic N) is 3. The number of rotatable bonds is 5. The molecular formula is C13H17N5OS. The molecule has 3 rings (SSSR count). The van der Waals surface area contributed by atoms with Gasteiger partial charge in [0, 0.05) is 18.0 Å². The summed E-state index contributed by atoms with van der Waals surface area (Å²) in [5, 5.41) is 16.2. The van der Waals surface area contributed by atoms with Crippen molar-refractivity contribution in [2.45, 2.75) is 25.4 Å². The minimum atomic E-state index is -0.163. The van der Waals surface area contributed by atoms with Gasteiger partial charge in [-0.3, -0.25) is 4.79 Å². The molecular weight excluding hydrogens is 274 g/mol. The lowest BCUT2D eigenvalue weighted by atomic mass is 10.2. The lowest BCUT2D eigenvalue weighted by molar-refractivity contribution is 0.0931. The first-order valence-corrected chi connectivity index (χ1v) is 7.62. The SMILES string of the molecule is CCC(NC(=O)c1cn(C2CNC2)nn1)c1cccs1. The molecule has 0 bridgehead atoms. The molecule has 3 heterocycles. The molecule has 0 spiro atoms. The van der Waals surface area contributed by atoms with Gasteiger partial charge in [0.1, 0.15) is 0 Å². The molecule has 0 radical (unpaired) electrons. The summed E-state index contributed by atoms with van der Waals surface area (Å²) in [7, 11) is 0. The van der Waals surface area contributed by atoms with Crippen molar-refractivity contribution in [3.05, 3.63) is 34.3 Å². The van der Waals surface area contributed by atoms with E-state index in [1.54, 1.807) is 22.2 Å². The second kappa shape index (κ2) is 5.72. The summed E-state index contributed by atoms with van der Waals surface area (Å²) >= 11 is 1.65. The fourth-order valence-electron chi connectivity index (χ4n) is 2.12. The maximum Gasteiger partial charge on any atom is 0.273 e. The highest BCUT2D eigenvalue weighted by Crippen LogP contribution is 2.22. The number of carbonyl (C=O) groups is 1. The minimum Gasteiger partial charge on any atom is -0.343 e. The van der Waals surface area contributed by atoms with Crippen molar-refractivity contribution in [2.24, 2.45) is 0 Å². The maximum atomic E-state index is 12.2. The van der Waals surface area contributed by atoms with Crippen molar-refractivity contribution in [1.29, 1.82) is 0 Å². The van der Waals surface area contributed by atoms with Crippen LogP contribution in [0.2, 0.25) is 0 Å². The quantitative estimate of drug-likeness (QED) is 0.872. The average Bonchev–Trinajstić information content (AvgIpc) is 3.04. The van der Waals surface area contributed by atoms with E-state index in [4.69, 9.17) is 0 Å². The Balaban J connectivity index is 1.67. The van der Waals surface area contributed by atoms with Gasteiger partial charge in [-0.15, -0.1) is 16.4 Å². The van der Waals surface area contributed by atoms with E-state index >= 15 is 0 Å². The Morgan fingerprint density at radius 1 is 1.65 bits per heavy atom. The van der Waals surface area contributed by atoms with E-state index < -0.39 is 0 Å². The zero-order valence-corrected chi connectivity index (χ0v) is 12.1. The van der Waals surface area contributed by atoms with Crippen LogP contribution in [-0.2, 0) is 0 Å². The highest BCUT2D eigenvalue weighted by atomic mass is 32.1. The third kappa shape index (κ3) is 2.59. The van der Waals surface area contributed by atoms with Crippen LogP contribution in [0, 0.1) is 0 Å². The van der Waals surface area contributed by atoms with Crippen LogP contribution < -0.4 is 10.6 Å². The van der Waals surface area contributed by atoms with Crippen LogP contribution in [-0.4, -0.2) is 34.0 Å². The predicted octanol–water partition coefficient (Wildman–Crippen LogP) is 1.36. The van der Waals surface area contributed by atoms with Crippen molar-refractivity contribution in [1.82, 2.24) is 25.6 Å².